The van der Waals surface area contributed by atoms with Crippen molar-refractivity contribution >= 4 is 23.3 Å². The van der Waals surface area contributed by atoms with Crippen LogP contribution in [-0.2, 0) is 9.53 Å². The van der Waals surface area contributed by atoms with E-state index in [1.54, 1.807) is 37.3 Å². The normalized spacial score (nSPS) is 10.4. The van der Waals surface area contributed by atoms with Gasteiger partial charge in [-0.15, -0.1) is 0 Å². The number of ether oxygens (including phenoxy) is 1. The second-order valence-corrected chi connectivity index (χ2v) is 6.93. The molecule has 3 aromatic rings. The molecule has 5 nitrogen and oxygen atoms in total. The van der Waals surface area contributed by atoms with Crippen LogP contribution in [0.2, 0.25) is 0 Å². The first kappa shape index (κ1) is 21.9. The third-order valence-corrected chi connectivity index (χ3v) is 4.79. The van der Waals surface area contributed by atoms with Crippen LogP contribution in [0.4, 0.5) is 10.1 Å². The smallest absolute Gasteiger partial charge is 0.339 e. The number of amides is 1. The lowest BCUT2D eigenvalue weighted by Gasteiger charge is -2.21. The van der Waals surface area contributed by atoms with Gasteiger partial charge in [0, 0.05) is 23.4 Å². The first-order valence-corrected chi connectivity index (χ1v) is 9.84. The maximum absolute atomic E-state index is 13.1. The summed E-state index contributed by atoms with van der Waals surface area (Å²) in [5, 5.41) is 0. The highest BCUT2D eigenvalue weighted by Crippen LogP contribution is 2.18. The quantitative estimate of drug-likeness (QED) is 0.416. The Morgan fingerprint density at radius 2 is 1.48 bits per heavy atom. The molecule has 0 aliphatic carbocycles. The molecule has 1 amide bonds. The Morgan fingerprint density at radius 1 is 0.871 bits per heavy atom. The van der Waals surface area contributed by atoms with Crippen molar-refractivity contribution in [2.45, 2.75) is 13.8 Å². The molecule has 0 N–H and O–H groups in total. The number of aryl methyl sites for hydroxylation is 1. The molecule has 0 heterocycles. The average molecular weight is 419 g/mol. The highest BCUT2D eigenvalue weighted by atomic mass is 19.1. The second kappa shape index (κ2) is 9.80. The van der Waals surface area contributed by atoms with E-state index in [4.69, 9.17) is 4.74 Å². The van der Waals surface area contributed by atoms with Crippen LogP contribution in [0.1, 0.15) is 38.8 Å². The van der Waals surface area contributed by atoms with Crippen molar-refractivity contribution in [1.29, 1.82) is 0 Å². The Balaban J connectivity index is 1.73. The molecule has 3 rings (SSSR count). The van der Waals surface area contributed by atoms with E-state index in [-0.39, 0.29) is 16.9 Å². The summed E-state index contributed by atoms with van der Waals surface area (Å²) in [6, 6.07) is 18.8. The number of ketones is 1. The van der Waals surface area contributed by atoms with Gasteiger partial charge in [0.25, 0.3) is 5.91 Å². The lowest BCUT2D eigenvalue weighted by molar-refractivity contribution is -0.121. The Bertz CT molecular complexity index is 1090. The molecule has 3 aromatic carbocycles. The zero-order chi connectivity index (χ0) is 22.4. The Kier molecular flexibility index (Phi) is 6.92. The molecule has 31 heavy (non-hydrogen) atoms. The Labute approximate surface area is 180 Å². The van der Waals surface area contributed by atoms with Gasteiger partial charge in [0.15, 0.2) is 12.4 Å². The summed E-state index contributed by atoms with van der Waals surface area (Å²) in [7, 11) is 0. The van der Waals surface area contributed by atoms with Gasteiger partial charge in [-0.25, -0.2) is 9.18 Å². The number of hydrogen-bond donors (Lipinski definition) is 0. The summed E-state index contributed by atoms with van der Waals surface area (Å²) < 4.78 is 18.3. The van der Waals surface area contributed by atoms with E-state index >= 15 is 0 Å². The molecule has 6 heteroatoms. The van der Waals surface area contributed by atoms with Gasteiger partial charge in [0.05, 0.1) is 5.56 Å². The molecule has 0 unspecified atom stereocenters. The molecule has 0 saturated carbocycles. The van der Waals surface area contributed by atoms with Crippen molar-refractivity contribution in [2.24, 2.45) is 0 Å². The first-order chi connectivity index (χ1) is 14.9. The fourth-order valence-corrected chi connectivity index (χ4v) is 3.13. The Hall–Kier alpha value is -3.80. The zero-order valence-electron chi connectivity index (χ0n) is 17.3. The van der Waals surface area contributed by atoms with E-state index < -0.39 is 24.3 Å². The standard InChI is InChI=1S/C25H22FNO4/c1-3-27(20-14-12-19(26)13-15-20)23(28)16-31-25(30)22-7-5-4-6-21(22)24(29)18-10-8-17(2)9-11-18/h4-15H,3,16H2,1-2H3. The number of likely N-dealkylation sites (N-methyl/N-ethyl adjacent to an activating group) is 1. The highest BCUT2D eigenvalue weighted by molar-refractivity contribution is 6.14. The molecule has 0 aromatic heterocycles. The van der Waals surface area contributed by atoms with E-state index in [1.807, 2.05) is 19.1 Å². The number of carbonyl (C=O) groups excluding carboxylic acids is 3. The van der Waals surface area contributed by atoms with E-state index in [2.05, 4.69) is 0 Å². The first-order valence-electron chi connectivity index (χ1n) is 9.84. The maximum Gasteiger partial charge on any atom is 0.339 e. The molecule has 0 radical (unpaired) electrons. The summed E-state index contributed by atoms with van der Waals surface area (Å²) in [6.07, 6.45) is 0. The van der Waals surface area contributed by atoms with Gasteiger partial charge < -0.3 is 9.64 Å². The highest BCUT2D eigenvalue weighted by Gasteiger charge is 2.21. The maximum atomic E-state index is 13.1. The zero-order valence-corrected chi connectivity index (χ0v) is 17.3. The van der Waals surface area contributed by atoms with Gasteiger partial charge in [-0.1, -0.05) is 48.0 Å². The van der Waals surface area contributed by atoms with Gasteiger partial charge >= 0.3 is 5.97 Å². The van der Waals surface area contributed by atoms with Crippen molar-refractivity contribution in [3.8, 4) is 0 Å². The predicted octanol–water partition coefficient (Wildman–Crippen LogP) is 4.58. The van der Waals surface area contributed by atoms with Gasteiger partial charge in [-0.3, -0.25) is 9.59 Å². The number of anilines is 1. The summed E-state index contributed by atoms with van der Waals surface area (Å²) >= 11 is 0. The number of rotatable bonds is 7. The van der Waals surface area contributed by atoms with Gasteiger partial charge in [-0.2, -0.15) is 0 Å². The topological polar surface area (TPSA) is 63.7 Å². The predicted molar refractivity (Wildman–Crippen MR) is 116 cm³/mol. The minimum Gasteiger partial charge on any atom is -0.452 e. The average Bonchev–Trinajstić information content (AvgIpc) is 2.79. The van der Waals surface area contributed by atoms with Crippen molar-refractivity contribution in [3.05, 3.63) is 101 Å². The lowest BCUT2D eigenvalue weighted by Crippen LogP contribution is -2.34. The van der Waals surface area contributed by atoms with Crippen molar-refractivity contribution in [3.63, 3.8) is 0 Å². The van der Waals surface area contributed by atoms with Gasteiger partial charge in [0.2, 0.25) is 0 Å². The van der Waals surface area contributed by atoms with Crippen LogP contribution >= 0.6 is 0 Å². The summed E-state index contributed by atoms with van der Waals surface area (Å²) in [5.41, 5.74) is 2.26. The van der Waals surface area contributed by atoms with Crippen molar-refractivity contribution in [1.82, 2.24) is 0 Å². The molecule has 0 fully saturated rings. The van der Waals surface area contributed by atoms with Gasteiger partial charge in [-0.05, 0) is 44.2 Å². The van der Waals surface area contributed by atoms with Crippen LogP contribution in [0.5, 0.6) is 0 Å². The number of halogens is 1. The molecule has 0 bridgehead atoms. The van der Waals surface area contributed by atoms with Crippen LogP contribution in [0, 0.1) is 12.7 Å². The minimum absolute atomic E-state index is 0.0886. The monoisotopic (exact) mass is 419 g/mol. The summed E-state index contributed by atoms with van der Waals surface area (Å²) in [4.78, 5) is 39.5. The van der Waals surface area contributed by atoms with E-state index in [0.717, 1.165) is 5.56 Å². The molecule has 0 spiro atoms. The summed E-state index contributed by atoms with van der Waals surface area (Å²) in [5.74, 6) is -1.93. The SMILES string of the molecule is CCN(C(=O)COC(=O)c1ccccc1C(=O)c1ccc(C)cc1)c1ccc(F)cc1. The number of hydrogen-bond acceptors (Lipinski definition) is 4. The molecule has 0 aliphatic rings. The van der Waals surface area contributed by atoms with Gasteiger partial charge in [0.1, 0.15) is 5.82 Å². The van der Waals surface area contributed by atoms with Crippen LogP contribution in [0.15, 0.2) is 72.8 Å². The van der Waals surface area contributed by atoms with Crippen molar-refractivity contribution < 1.29 is 23.5 Å². The molecular formula is C25H22FNO4. The lowest BCUT2D eigenvalue weighted by atomic mass is 9.98. The van der Waals surface area contributed by atoms with E-state index in [9.17, 15) is 18.8 Å². The fraction of sp³-hybridized carbons (Fsp3) is 0.160. The van der Waals surface area contributed by atoms with E-state index in [0.29, 0.717) is 17.8 Å². The number of nitrogens with zero attached hydrogens (tertiary/aromatic N) is 1. The third kappa shape index (κ3) is 5.22. The molecule has 158 valence electrons. The van der Waals surface area contributed by atoms with Crippen molar-refractivity contribution in [2.75, 3.05) is 18.1 Å². The molecule has 0 saturated heterocycles. The fourth-order valence-electron chi connectivity index (χ4n) is 3.13. The van der Waals surface area contributed by atoms with Crippen LogP contribution in [0.3, 0.4) is 0 Å². The number of carbonyl (C=O) groups is 3. The van der Waals surface area contributed by atoms with E-state index in [1.165, 1.54) is 35.2 Å². The third-order valence-electron chi connectivity index (χ3n) is 4.79. The number of benzene rings is 3. The summed E-state index contributed by atoms with van der Waals surface area (Å²) in [6.45, 7) is 3.50. The van der Waals surface area contributed by atoms with Crippen LogP contribution in [-0.4, -0.2) is 30.8 Å². The molecule has 0 atom stereocenters. The second-order valence-electron chi connectivity index (χ2n) is 6.93. The molecular weight excluding hydrogens is 397 g/mol. The minimum atomic E-state index is -0.764. The number of esters is 1. The van der Waals surface area contributed by atoms with Crippen LogP contribution < -0.4 is 4.90 Å². The largest absolute Gasteiger partial charge is 0.452 e. The van der Waals surface area contributed by atoms with Crippen LogP contribution in [0.25, 0.3) is 0 Å². The Morgan fingerprint density at radius 3 is 2.10 bits per heavy atom. The molecule has 0 aliphatic heterocycles.